The molecule has 0 bridgehead atoms. The minimum Gasteiger partial charge on any atom is -0.386 e. The molecule has 2 aromatic rings. The summed E-state index contributed by atoms with van der Waals surface area (Å²) in [5.74, 6) is -0.621. The average Bonchev–Trinajstić information content (AvgIpc) is 2.59. The fourth-order valence-electron chi connectivity index (χ4n) is 3.09. The molecule has 0 aliphatic rings. The number of benzene rings is 2. The summed E-state index contributed by atoms with van der Waals surface area (Å²) in [7, 11) is -4.36. The molecule has 0 saturated heterocycles. The predicted octanol–water partition coefficient (Wildman–Crippen LogP) is 4.81. The molecule has 0 unspecified atom stereocenters. The first-order valence-corrected chi connectivity index (χ1v) is 11.2. The maximum atomic E-state index is 14.0. The van der Waals surface area contributed by atoms with Gasteiger partial charge in [0.1, 0.15) is 5.82 Å². The number of halogens is 1. The largest absolute Gasteiger partial charge is 0.386 e. The zero-order valence-corrected chi connectivity index (χ0v) is 18.9. The van der Waals surface area contributed by atoms with Gasteiger partial charge in [-0.25, -0.2) is 22.3 Å². The van der Waals surface area contributed by atoms with Gasteiger partial charge in [-0.3, -0.25) is 0 Å². The smallest absolute Gasteiger partial charge is 0.333 e. The Morgan fingerprint density at radius 1 is 1.03 bits per heavy atom. The Hall–Kier alpha value is -2.45. The van der Waals surface area contributed by atoms with Crippen LogP contribution in [0.1, 0.15) is 70.1 Å². The number of nitrogens with one attached hydrogen (secondary N) is 2. The molecule has 164 valence electrons. The lowest BCUT2D eigenvalue weighted by Crippen LogP contribution is -2.35. The van der Waals surface area contributed by atoms with Crippen molar-refractivity contribution in [1.29, 1.82) is 0 Å². The van der Waals surface area contributed by atoms with E-state index in [1.807, 2.05) is 50.6 Å². The van der Waals surface area contributed by atoms with Crippen LogP contribution in [0.5, 0.6) is 0 Å². The van der Waals surface area contributed by atoms with Crippen LogP contribution < -0.4 is 10.0 Å². The minimum absolute atomic E-state index is 0.0792. The lowest BCUT2D eigenvalue weighted by atomic mass is 9.93. The van der Waals surface area contributed by atoms with Gasteiger partial charge in [0.05, 0.1) is 10.5 Å². The lowest BCUT2D eigenvalue weighted by Gasteiger charge is -2.21. The number of hydrogen-bond acceptors (Lipinski definition) is 4. The summed E-state index contributed by atoms with van der Waals surface area (Å²) in [6.45, 7) is 10.7. The van der Waals surface area contributed by atoms with Gasteiger partial charge in [0.25, 0.3) is 10.0 Å². The summed E-state index contributed by atoms with van der Waals surface area (Å²) in [4.78, 5) is 12.1. The molecular formula is C22H29FN2O4S. The van der Waals surface area contributed by atoms with Crippen molar-refractivity contribution in [3.8, 4) is 0 Å². The average molecular weight is 437 g/mol. The summed E-state index contributed by atoms with van der Waals surface area (Å²) in [6.07, 6.45) is 0. The number of carbonyl (C=O) groups excluding carboxylic acids is 1. The van der Waals surface area contributed by atoms with Crippen LogP contribution in [0.15, 0.2) is 41.3 Å². The van der Waals surface area contributed by atoms with Crippen molar-refractivity contribution in [2.75, 3.05) is 5.32 Å². The van der Waals surface area contributed by atoms with E-state index in [1.165, 1.54) is 13.8 Å². The van der Waals surface area contributed by atoms with Gasteiger partial charge >= 0.3 is 6.03 Å². The molecule has 2 rings (SSSR count). The quantitative estimate of drug-likeness (QED) is 0.605. The highest BCUT2D eigenvalue weighted by Crippen LogP contribution is 2.32. The van der Waals surface area contributed by atoms with E-state index in [-0.39, 0.29) is 17.4 Å². The third-order valence-corrected chi connectivity index (χ3v) is 6.04. The second-order valence-corrected chi connectivity index (χ2v) is 10.1. The molecule has 0 radical (unpaired) electrons. The van der Waals surface area contributed by atoms with Gasteiger partial charge in [0.15, 0.2) is 0 Å². The normalized spacial score (nSPS) is 12.3. The van der Waals surface area contributed by atoms with Crippen LogP contribution in [0.3, 0.4) is 0 Å². The summed E-state index contributed by atoms with van der Waals surface area (Å²) in [6, 6.07) is 7.69. The van der Waals surface area contributed by atoms with Gasteiger partial charge in [-0.1, -0.05) is 45.9 Å². The molecular weight excluding hydrogens is 407 g/mol. The van der Waals surface area contributed by atoms with Gasteiger partial charge in [-0.15, -0.1) is 0 Å². The molecule has 0 aliphatic carbocycles. The topological polar surface area (TPSA) is 95.5 Å². The fraction of sp³-hybridized carbons (Fsp3) is 0.409. The fourth-order valence-corrected chi connectivity index (χ4v) is 4.05. The lowest BCUT2D eigenvalue weighted by molar-refractivity contribution is 0.0780. The summed E-state index contributed by atoms with van der Waals surface area (Å²) in [5, 5.41) is 12.7. The van der Waals surface area contributed by atoms with E-state index >= 15 is 0 Å². The molecule has 6 nitrogen and oxygen atoms in total. The van der Waals surface area contributed by atoms with E-state index < -0.39 is 32.4 Å². The number of para-hydroxylation sites is 1. The molecule has 0 atom stereocenters. The number of amides is 2. The number of hydrogen-bond donors (Lipinski definition) is 3. The molecule has 30 heavy (non-hydrogen) atoms. The molecule has 0 spiro atoms. The molecule has 2 amide bonds. The second-order valence-electron chi connectivity index (χ2n) is 8.42. The standard InChI is InChI=1S/C22H29FN2O4S/c1-13(2)18-8-7-9-19(14(3)4)20(18)24-21(26)25-30(28,29)17-11-15(22(5,6)27)10-16(23)12-17/h7-14,27H,1-6H3,(H2,24,25,26). The van der Waals surface area contributed by atoms with Gasteiger partial charge in [-0.2, -0.15) is 0 Å². The van der Waals surface area contributed by atoms with Crippen LogP contribution in [-0.4, -0.2) is 19.6 Å². The van der Waals surface area contributed by atoms with Gasteiger partial charge in [0.2, 0.25) is 0 Å². The summed E-state index contributed by atoms with van der Waals surface area (Å²) >= 11 is 0. The third-order valence-electron chi connectivity index (χ3n) is 4.73. The zero-order valence-electron chi connectivity index (χ0n) is 18.1. The molecule has 8 heteroatoms. The highest BCUT2D eigenvalue weighted by molar-refractivity contribution is 7.90. The highest BCUT2D eigenvalue weighted by atomic mass is 32.2. The number of aliphatic hydroxyl groups is 1. The number of sulfonamides is 1. The van der Waals surface area contributed by atoms with Crippen molar-refractivity contribution in [3.05, 3.63) is 58.9 Å². The summed E-state index contributed by atoms with van der Waals surface area (Å²) < 4.78 is 41.2. The highest BCUT2D eigenvalue weighted by Gasteiger charge is 2.25. The number of anilines is 1. The Balaban J connectivity index is 2.37. The Labute approximate surface area is 177 Å². The van der Waals surface area contributed by atoms with Crippen molar-refractivity contribution in [3.63, 3.8) is 0 Å². The Kier molecular flexibility index (Phi) is 6.94. The van der Waals surface area contributed by atoms with Crippen molar-refractivity contribution in [1.82, 2.24) is 4.72 Å². The van der Waals surface area contributed by atoms with Crippen LogP contribution in [0, 0.1) is 5.82 Å². The molecule has 0 aliphatic heterocycles. The number of rotatable bonds is 6. The Bertz CT molecular complexity index is 1020. The molecule has 2 aromatic carbocycles. The van der Waals surface area contributed by atoms with Gasteiger partial charge in [-0.05, 0) is 60.6 Å². The molecule has 0 saturated carbocycles. The van der Waals surface area contributed by atoms with E-state index in [2.05, 4.69) is 5.32 Å². The van der Waals surface area contributed by atoms with Gasteiger partial charge in [0, 0.05) is 5.69 Å². The van der Waals surface area contributed by atoms with Crippen LogP contribution in [-0.2, 0) is 15.6 Å². The minimum atomic E-state index is -4.36. The van der Waals surface area contributed by atoms with Crippen molar-refractivity contribution in [2.24, 2.45) is 0 Å². The van der Waals surface area contributed by atoms with Crippen molar-refractivity contribution >= 4 is 21.7 Å². The first-order chi connectivity index (χ1) is 13.7. The first-order valence-electron chi connectivity index (χ1n) is 9.72. The van der Waals surface area contributed by atoms with E-state index in [9.17, 15) is 22.7 Å². The zero-order chi connectivity index (χ0) is 22.9. The van der Waals surface area contributed by atoms with Crippen molar-refractivity contribution in [2.45, 2.75) is 63.9 Å². The summed E-state index contributed by atoms with van der Waals surface area (Å²) in [5.41, 5.74) is 0.951. The van der Waals surface area contributed by atoms with Crippen LogP contribution in [0.25, 0.3) is 0 Å². The van der Waals surface area contributed by atoms with E-state index in [0.29, 0.717) is 5.69 Å². The van der Waals surface area contributed by atoms with Crippen molar-refractivity contribution < 1.29 is 22.7 Å². The Morgan fingerprint density at radius 2 is 1.57 bits per heavy atom. The SMILES string of the molecule is CC(C)c1cccc(C(C)C)c1NC(=O)NS(=O)(=O)c1cc(F)cc(C(C)(C)O)c1. The van der Waals surface area contributed by atoms with E-state index in [0.717, 1.165) is 29.3 Å². The maximum Gasteiger partial charge on any atom is 0.333 e. The molecule has 0 fully saturated rings. The first kappa shape index (κ1) is 23.8. The van der Waals surface area contributed by atoms with E-state index in [4.69, 9.17) is 0 Å². The van der Waals surface area contributed by atoms with Crippen LogP contribution in [0.4, 0.5) is 14.9 Å². The molecule has 0 heterocycles. The van der Waals surface area contributed by atoms with Gasteiger partial charge < -0.3 is 10.4 Å². The monoisotopic (exact) mass is 436 g/mol. The van der Waals surface area contributed by atoms with Crippen LogP contribution >= 0.6 is 0 Å². The third kappa shape index (κ3) is 5.58. The molecule has 3 N–H and O–H groups in total. The maximum absolute atomic E-state index is 14.0. The number of carbonyl (C=O) groups is 1. The van der Waals surface area contributed by atoms with Crippen LogP contribution in [0.2, 0.25) is 0 Å². The second kappa shape index (κ2) is 8.73. The predicted molar refractivity (Wildman–Crippen MR) is 116 cm³/mol. The molecule has 0 aromatic heterocycles. The van der Waals surface area contributed by atoms with E-state index in [1.54, 1.807) is 0 Å². The Morgan fingerprint density at radius 3 is 2.03 bits per heavy atom. The number of urea groups is 1.